The van der Waals surface area contributed by atoms with E-state index in [0.717, 1.165) is 14.7 Å². The zero-order valence-electron chi connectivity index (χ0n) is 55.6. The summed E-state index contributed by atoms with van der Waals surface area (Å²) >= 11 is 0. The van der Waals surface area contributed by atoms with E-state index >= 15 is 4.79 Å². The molecule has 1 heterocycles. The van der Waals surface area contributed by atoms with Gasteiger partial charge >= 0.3 is 5.97 Å². The van der Waals surface area contributed by atoms with Crippen LogP contribution < -0.4 is 21.3 Å². The standard InChI is InChI=1S/C61H107N11O14/c1-23-42-58(83)66(16)32-46(73)68(18)43(29-33(2)3)54(79)65-48(36(8)9)60(85)69(19)44(30-34(4)5)53(78)62-39(13)52(77)63-40(14)56(81)70(20)45(31-35(6)7)59(84)67(17)41(15)57(82)71(21)49(37(10)11)61(86)72(22)50(55(80)64-42)51(76)38(12)27-25-24-26-28-47(74)75/h24-25,33-45,48-51,76H,23,26-32H2,1-22H3,(H,62,78)(H,63,77)(H,64,80)(H,65,79)(H,74,75)/b25-24+/t38-,39+,40-,41+,42+,43+,44+,45+,48+,49+,50+,51-/m1/s1. The third kappa shape index (κ3) is 21.9. The second-order valence-corrected chi connectivity index (χ2v) is 25.5. The van der Waals surface area contributed by atoms with Crippen LogP contribution in [0.5, 0.6) is 0 Å². The molecular weight excluding hydrogens is 1110 g/mol. The second-order valence-electron chi connectivity index (χ2n) is 25.5. The van der Waals surface area contributed by atoms with Crippen LogP contribution in [0.3, 0.4) is 0 Å². The number of nitrogens with zero attached hydrogens (tertiary/aromatic N) is 7. The zero-order chi connectivity index (χ0) is 66.7. The molecule has 25 nitrogen and oxygen atoms in total. The highest BCUT2D eigenvalue weighted by Crippen LogP contribution is 2.24. The first-order valence-electron chi connectivity index (χ1n) is 30.3. The molecule has 0 aromatic rings. The maximum atomic E-state index is 15.0. The lowest BCUT2D eigenvalue weighted by atomic mass is 9.91. The van der Waals surface area contributed by atoms with E-state index in [1.807, 2.05) is 41.5 Å². The Hall–Kier alpha value is -6.66. The lowest BCUT2D eigenvalue weighted by Crippen LogP contribution is -2.63. The van der Waals surface area contributed by atoms with Crippen LogP contribution in [0, 0.1) is 35.5 Å². The number of likely N-dealkylation sites (N-methyl/N-ethyl adjacent to an activating group) is 7. The average molecular weight is 1220 g/mol. The molecule has 0 aliphatic carbocycles. The number of rotatable bonds is 16. The van der Waals surface area contributed by atoms with Crippen molar-refractivity contribution in [2.24, 2.45) is 35.5 Å². The quantitative estimate of drug-likeness (QED) is 0.121. The van der Waals surface area contributed by atoms with Crippen LogP contribution in [0.4, 0.5) is 0 Å². The smallest absolute Gasteiger partial charge is 0.303 e. The zero-order valence-corrected chi connectivity index (χ0v) is 55.6. The number of carboxylic acid groups (broad SMARTS) is 1. The summed E-state index contributed by atoms with van der Waals surface area (Å²) in [5.74, 6) is -11.3. The van der Waals surface area contributed by atoms with Crippen LogP contribution in [-0.4, -0.2) is 238 Å². The van der Waals surface area contributed by atoms with Crippen molar-refractivity contribution in [2.75, 3.05) is 55.9 Å². The predicted molar refractivity (Wildman–Crippen MR) is 326 cm³/mol. The fourth-order valence-electron chi connectivity index (χ4n) is 10.4. The van der Waals surface area contributed by atoms with Gasteiger partial charge in [0.15, 0.2) is 0 Å². The Morgan fingerprint density at radius 1 is 0.512 bits per heavy atom. The van der Waals surface area contributed by atoms with Gasteiger partial charge in [0.1, 0.15) is 60.4 Å². The summed E-state index contributed by atoms with van der Waals surface area (Å²) in [5, 5.41) is 32.1. The number of aliphatic carboxylic acids is 1. The molecule has 1 aliphatic rings. The van der Waals surface area contributed by atoms with Crippen molar-refractivity contribution in [3.63, 3.8) is 0 Å². The van der Waals surface area contributed by atoms with Crippen molar-refractivity contribution in [1.29, 1.82) is 0 Å². The van der Waals surface area contributed by atoms with E-state index in [1.165, 1.54) is 89.7 Å². The second kappa shape index (κ2) is 35.2. The molecule has 12 atom stereocenters. The van der Waals surface area contributed by atoms with Crippen molar-refractivity contribution in [1.82, 2.24) is 55.6 Å². The molecule has 0 radical (unpaired) electrons. The van der Waals surface area contributed by atoms with Crippen LogP contribution >= 0.6 is 0 Å². The summed E-state index contributed by atoms with van der Waals surface area (Å²) in [7, 11) is 9.59. The van der Waals surface area contributed by atoms with Gasteiger partial charge in [-0.1, -0.05) is 95.2 Å². The van der Waals surface area contributed by atoms with Crippen molar-refractivity contribution in [3.8, 4) is 0 Å². The first-order chi connectivity index (χ1) is 39.7. The summed E-state index contributed by atoms with van der Waals surface area (Å²) in [6.45, 7) is 24.8. The lowest BCUT2D eigenvalue weighted by Gasteiger charge is -2.41. The van der Waals surface area contributed by atoms with Crippen LogP contribution in [0.25, 0.3) is 0 Å². The van der Waals surface area contributed by atoms with Gasteiger partial charge in [-0.2, -0.15) is 0 Å². The number of carbonyl (C=O) groups excluding carboxylic acids is 11. The minimum absolute atomic E-state index is 0.0244. The molecule has 1 rings (SSSR count). The van der Waals surface area contributed by atoms with Crippen LogP contribution in [0.2, 0.25) is 0 Å². The predicted octanol–water partition coefficient (Wildman–Crippen LogP) is 2.09. The minimum Gasteiger partial charge on any atom is -0.481 e. The van der Waals surface area contributed by atoms with E-state index in [2.05, 4.69) is 21.3 Å². The van der Waals surface area contributed by atoms with Gasteiger partial charge in [0, 0.05) is 55.8 Å². The van der Waals surface area contributed by atoms with Crippen molar-refractivity contribution in [3.05, 3.63) is 12.2 Å². The van der Waals surface area contributed by atoms with Gasteiger partial charge in [0.2, 0.25) is 65.0 Å². The Bertz CT molecular complexity index is 2400. The number of aliphatic hydroxyl groups is 1. The normalized spacial score (nSPS) is 26.6. The first-order valence-corrected chi connectivity index (χ1v) is 30.3. The van der Waals surface area contributed by atoms with Crippen LogP contribution in [0.1, 0.15) is 149 Å². The third-order valence-corrected chi connectivity index (χ3v) is 16.0. The summed E-state index contributed by atoms with van der Waals surface area (Å²) < 4.78 is 0. The maximum Gasteiger partial charge on any atom is 0.303 e. The molecule has 0 aromatic carbocycles. The van der Waals surface area contributed by atoms with Crippen molar-refractivity contribution >= 4 is 70.9 Å². The highest BCUT2D eigenvalue weighted by Gasteiger charge is 2.45. The number of carbonyl (C=O) groups is 12. The number of amides is 11. The first kappa shape index (κ1) is 77.4. The van der Waals surface area contributed by atoms with Gasteiger partial charge in [0.05, 0.1) is 12.6 Å². The summed E-state index contributed by atoms with van der Waals surface area (Å²) in [6.07, 6.45) is 2.22. The Morgan fingerprint density at radius 2 is 0.988 bits per heavy atom. The van der Waals surface area contributed by atoms with Gasteiger partial charge in [-0.15, -0.1) is 0 Å². The lowest BCUT2D eigenvalue weighted by molar-refractivity contribution is -0.156. The van der Waals surface area contributed by atoms with Crippen molar-refractivity contribution in [2.45, 2.75) is 215 Å². The van der Waals surface area contributed by atoms with E-state index in [-0.39, 0.29) is 62.7 Å². The van der Waals surface area contributed by atoms with E-state index in [9.17, 15) is 57.8 Å². The molecule has 6 N–H and O–H groups in total. The molecule has 0 spiro atoms. The van der Waals surface area contributed by atoms with E-state index in [0.29, 0.717) is 0 Å². The minimum atomic E-state index is -1.70. The van der Waals surface area contributed by atoms with Gasteiger partial charge in [-0.05, 0) is 94.8 Å². The summed E-state index contributed by atoms with van der Waals surface area (Å²) in [6, 6.07) is -12.7. The largest absolute Gasteiger partial charge is 0.481 e. The monoisotopic (exact) mass is 1220 g/mol. The Balaban J connectivity index is 4.23. The Morgan fingerprint density at radius 3 is 1.48 bits per heavy atom. The van der Waals surface area contributed by atoms with Crippen LogP contribution in [-0.2, 0) is 57.5 Å². The van der Waals surface area contributed by atoms with E-state index < -0.39 is 162 Å². The summed E-state index contributed by atoms with van der Waals surface area (Å²) in [5.41, 5.74) is 0. The Labute approximate surface area is 511 Å². The number of hydrogen-bond donors (Lipinski definition) is 6. The molecule has 0 saturated carbocycles. The van der Waals surface area contributed by atoms with Gasteiger partial charge < -0.3 is 65.8 Å². The SMILES string of the molecule is CC[C@@H]1NC(=O)[C@H]([C@H](O)[C@H](C)C/C=C/CCC(=O)O)N(C)C(=O)[C@H](C(C)C)N(C)C(=O)[C@H](C)N(C)C(=O)[C@H](CC(C)C)N(C)C(=O)[C@@H](C)NC(=O)[C@H](C)NC(=O)[C@H](CC(C)C)N(C)C(=O)[C@H](C(C)C)NC(=O)[C@H](CC(C)C)N(C)C(=O)CN(C)C1=O. The Kier molecular flexibility index (Phi) is 31.7. The van der Waals surface area contributed by atoms with Gasteiger partial charge in [-0.25, -0.2) is 0 Å². The molecule has 11 amide bonds. The van der Waals surface area contributed by atoms with E-state index in [1.54, 1.807) is 53.7 Å². The molecule has 0 aromatic heterocycles. The molecule has 0 unspecified atom stereocenters. The molecule has 25 heteroatoms. The molecule has 1 saturated heterocycles. The maximum absolute atomic E-state index is 15.0. The molecule has 1 fully saturated rings. The van der Waals surface area contributed by atoms with Crippen molar-refractivity contribution < 1.29 is 67.7 Å². The number of carboxylic acids is 1. The molecule has 86 heavy (non-hydrogen) atoms. The van der Waals surface area contributed by atoms with Crippen LogP contribution in [0.15, 0.2) is 12.2 Å². The average Bonchev–Trinajstić information content (AvgIpc) is 1.35. The topological polar surface area (TPSA) is 316 Å². The van der Waals surface area contributed by atoms with E-state index in [4.69, 9.17) is 5.11 Å². The molecule has 0 bridgehead atoms. The number of nitrogens with one attached hydrogen (secondary N) is 4. The number of allylic oxidation sites excluding steroid dienone is 2. The van der Waals surface area contributed by atoms with Gasteiger partial charge in [-0.3, -0.25) is 57.5 Å². The summed E-state index contributed by atoms with van der Waals surface area (Å²) in [4.78, 5) is 178. The number of aliphatic hydroxyl groups excluding tert-OH is 1. The third-order valence-electron chi connectivity index (χ3n) is 16.0. The highest BCUT2D eigenvalue weighted by molar-refractivity contribution is 5.99. The number of hydrogen-bond acceptors (Lipinski definition) is 13. The molecule has 490 valence electrons. The highest BCUT2D eigenvalue weighted by atomic mass is 16.4. The fraction of sp³-hybridized carbons (Fsp3) is 0.770. The van der Waals surface area contributed by atoms with Gasteiger partial charge in [0.25, 0.3) is 0 Å². The molecule has 1 aliphatic heterocycles. The fourth-order valence-corrected chi connectivity index (χ4v) is 10.4. The molecular formula is C61H107N11O14.